The number of hydrogen-bond acceptors (Lipinski definition) is 6. The van der Waals surface area contributed by atoms with Crippen LogP contribution in [-0.4, -0.2) is 60.1 Å². The molecule has 168 valence electrons. The summed E-state index contributed by atoms with van der Waals surface area (Å²) in [4.78, 5) is 40.2. The van der Waals surface area contributed by atoms with E-state index in [0.29, 0.717) is 32.2 Å². The van der Waals surface area contributed by atoms with Crippen LogP contribution < -0.4 is 33.6 Å². The SMILES string of the molecule is CC(C)C[C@H](NC(=O)[C@@H](N)CCCCN)C(=O)N[C@@H](CCCN=C(N)N)C(=O)O. The fourth-order valence-electron chi connectivity index (χ4n) is 2.65. The second kappa shape index (κ2) is 14.6. The van der Waals surface area contributed by atoms with Crippen LogP contribution in [0.25, 0.3) is 0 Å². The lowest BCUT2D eigenvalue weighted by Crippen LogP contribution is -2.54. The largest absolute Gasteiger partial charge is 0.480 e. The molecule has 0 unspecified atom stereocenters. The second-order valence-corrected chi connectivity index (χ2v) is 7.43. The summed E-state index contributed by atoms with van der Waals surface area (Å²) in [6, 6.07) is -2.73. The molecule has 11 nitrogen and oxygen atoms in total. The molecule has 0 saturated heterocycles. The van der Waals surface area contributed by atoms with E-state index in [2.05, 4.69) is 15.6 Å². The number of nitrogens with two attached hydrogens (primary N) is 4. The van der Waals surface area contributed by atoms with E-state index >= 15 is 0 Å². The number of rotatable bonds is 15. The maximum atomic E-state index is 12.6. The van der Waals surface area contributed by atoms with Crippen molar-refractivity contribution in [2.75, 3.05) is 13.1 Å². The Kier molecular flexibility index (Phi) is 13.4. The molecule has 0 aliphatic heterocycles. The van der Waals surface area contributed by atoms with Gasteiger partial charge < -0.3 is 38.7 Å². The molecular formula is C18H37N7O4. The van der Waals surface area contributed by atoms with Crippen molar-refractivity contribution in [2.24, 2.45) is 33.8 Å². The van der Waals surface area contributed by atoms with E-state index in [9.17, 15) is 19.5 Å². The van der Waals surface area contributed by atoms with Crippen LogP contribution in [0.4, 0.5) is 0 Å². The zero-order valence-corrected chi connectivity index (χ0v) is 17.4. The highest BCUT2D eigenvalue weighted by molar-refractivity contribution is 5.91. The quantitative estimate of drug-likeness (QED) is 0.0956. The Morgan fingerprint density at radius 3 is 2.10 bits per heavy atom. The number of carbonyl (C=O) groups is 3. The summed E-state index contributed by atoms with van der Waals surface area (Å²) < 4.78 is 0. The van der Waals surface area contributed by atoms with Crippen LogP contribution in [0.2, 0.25) is 0 Å². The average molecular weight is 416 g/mol. The Labute approximate surface area is 172 Å². The summed E-state index contributed by atoms with van der Waals surface area (Å²) in [5, 5.41) is 14.5. The van der Waals surface area contributed by atoms with Gasteiger partial charge in [-0.15, -0.1) is 0 Å². The van der Waals surface area contributed by atoms with Gasteiger partial charge in [-0.2, -0.15) is 0 Å². The van der Waals surface area contributed by atoms with Crippen molar-refractivity contribution >= 4 is 23.7 Å². The van der Waals surface area contributed by atoms with Crippen molar-refractivity contribution < 1.29 is 19.5 Å². The second-order valence-electron chi connectivity index (χ2n) is 7.43. The van der Waals surface area contributed by atoms with E-state index in [1.165, 1.54) is 0 Å². The van der Waals surface area contributed by atoms with Gasteiger partial charge in [0.15, 0.2) is 5.96 Å². The van der Waals surface area contributed by atoms with Crippen molar-refractivity contribution in [3.63, 3.8) is 0 Å². The van der Waals surface area contributed by atoms with Crippen molar-refractivity contribution in [3.05, 3.63) is 0 Å². The number of nitrogens with one attached hydrogen (secondary N) is 2. The lowest BCUT2D eigenvalue weighted by atomic mass is 10.0. The summed E-state index contributed by atoms with van der Waals surface area (Å²) in [5.74, 6) is -2.15. The number of carboxylic acid groups (broad SMARTS) is 1. The summed E-state index contributed by atoms with van der Waals surface area (Å²) in [6.07, 6.45) is 2.82. The van der Waals surface area contributed by atoms with E-state index in [1.807, 2.05) is 13.8 Å². The summed E-state index contributed by atoms with van der Waals surface area (Å²) in [5.41, 5.74) is 21.8. The number of guanidine groups is 1. The normalized spacial score (nSPS) is 14.0. The van der Waals surface area contributed by atoms with Crippen LogP contribution in [0.5, 0.6) is 0 Å². The molecule has 0 aliphatic rings. The van der Waals surface area contributed by atoms with Crippen LogP contribution >= 0.6 is 0 Å². The maximum Gasteiger partial charge on any atom is 0.326 e. The van der Waals surface area contributed by atoms with Gasteiger partial charge >= 0.3 is 5.97 Å². The number of nitrogens with zero attached hydrogens (tertiary/aromatic N) is 1. The number of carbonyl (C=O) groups excluding carboxylic acids is 2. The third-order valence-corrected chi connectivity index (χ3v) is 4.21. The molecule has 0 spiro atoms. The van der Waals surface area contributed by atoms with Gasteiger partial charge in [-0.1, -0.05) is 20.3 Å². The zero-order chi connectivity index (χ0) is 22.4. The van der Waals surface area contributed by atoms with Crippen LogP contribution in [-0.2, 0) is 14.4 Å². The van der Waals surface area contributed by atoms with Gasteiger partial charge in [0.1, 0.15) is 12.1 Å². The summed E-state index contributed by atoms with van der Waals surface area (Å²) in [7, 11) is 0. The Balaban J connectivity index is 4.91. The van der Waals surface area contributed by atoms with Gasteiger partial charge in [0.05, 0.1) is 6.04 Å². The predicted molar refractivity (Wildman–Crippen MR) is 112 cm³/mol. The molecule has 0 bridgehead atoms. The first-order valence-electron chi connectivity index (χ1n) is 9.93. The fraction of sp³-hybridized carbons (Fsp3) is 0.778. The van der Waals surface area contributed by atoms with E-state index in [-0.39, 0.29) is 24.8 Å². The van der Waals surface area contributed by atoms with Gasteiger partial charge in [0, 0.05) is 6.54 Å². The van der Waals surface area contributed by atoms with E-state index in [4.69, 9.17) is 22.9 Å². The minimum absolute atomic E-state index is 0.0802. The number of aliphatic imine (C=N–C) groups is 1. The Morgan fingerprint density at radius 2 is 1.59 bits per heavy atom. The Bertz CT molecular complexity index is 550. The molecule has 0 rings (SSSR count). The number of hydrogen-bond donors (Lipinski definition) is 7. The first kappa shape index (κ1) is 26.6. The molecule has 11 heteroatoms. The molecule has 0 saturated carbocycles. The third kappa shape index (κ3) is 12.6. The molecule has 11 N–H and O–H groups in total. The minimum atomic E-state index is -1.17. The van der Waals surface area contributed by atoms with Gasteiger partial charge in [-0.05, 0) is 44.6 Å². The topological polar surface area (TPSA) is 212 Å². The monoisotopic (exact) mass is 415 g/mol. The number of amides is 2. The van der Waals surface area contributed by atoms with E-state index in [1.54, 1.807) is 0 Å². The van der Waals surface area contributed by atoms with Crippen LogP contribution in [0.3, 0.4) is 0 Å². The number of carboxylic acids is 1. The lowest BCUT2D eigenvalue weighted by molar-refractivity contribution is -0.142. The standard InChI is InChI=1S/C18H37N7O4/c1-11(2)10-14(25-15(26)12(20)6-3-4-8-19)16(27)24-13(17(28)29)7-5-9-23-18(21)22/h11-14H,3-10,19-20H2,1-2H3,(H,24,27)(H,25,26)(H,28,29)(H4,21,22,23)/t12-,13-,14-/m0/s1. The maximum absolute atomic E-state index is 12.6. The number of aliphatic carboxylic acids is 1. The lowest BCUT2D eigenvalue weighted by Gasteiger charge is -2.24. The Hall–Kier alpha value is -2.40. The highest BCUT2D eigenvalue weighted by Gasteiger charge is 2.28. The van der Waals surface area contributed by atoms with Crippen molar-refractivity contribution in [1.29, 1.82) is 0 Å². The molecular weight excluding hydrogens is 378 g/mol. The van der Waals surface area contributed by atoms with Crippen molar-refractivity contribution in [1.82, 2.24) is 10.6 Å². The molecule has 0 aromatic carbocycles. The summed E-state index contributed by atoms with van der Waals surface area (Å²) >= 11 is 0. The highest BCUT2D eigenvalue weighted by Crippen LogP contribution is 2.08. The van der Waals surface area contributed by atoms with Crippen molar-refractivity contribution in [3.8, 4) is 0 Å². The van der Waals surface area contributed by atoms with Crippen LogP contribution in [0, 0.1) is 5.92 Å². The molecule has 0 aromatic heterocycles. The van der Waals surface area contributed by atoms with Crippen molar-refractivity contribution in [2.45, 2.75) is 70.5 Å². The molecule has 0 fully saturated rings. The first-order chi connectivity index (χ1) is 13.6. The fourth-order valence-corrected chi connectivity index (χ4v) is 2.65. The van der Waals surface area contributed by atoms with Gasteiger partial charge in [0.25, 0.3) is 0 Å². The molecule has 0 aliphatic carbocycles. The third-order valence-electron chi connectivity index (χ3n) is 4.21. The molecule has 0 heterocycles. The first-order valence-corrected chi connectivity index (χ1v) is 9.93. The zero-order valence-electron chi connectivity index (χ0n) is 17.4. The molecule has 0 aromatic rings. The minimum Gasteiger partial charge on any atom is -0.480 e. The Morgan fingerprint density at radius 1 is 0.966 bits per heavy atom. The van der Waals surface area contributed by atoms with Gasteiger partial charge in [-0.25, -0.2) is 4.79 Å². The predicted octanol–water partition coefficient (Wildman–Crippen LogP) is -1.40. The molecule has 2 amide bonds. The van der Waals surface area contributed by atoms with Crippen LogP contribution in [0.15, 0.2) is 4.99 Å². The van der Waals surface area contributed by atoms with Crippen LogP contribution in [0.1, 0.15) is 52.4 Å². The van der Waals surface area contributed by atoms with Gasteiger partial charge in [0.2, 0.25) is 11.8 Å². The van der Waals surface area contributed by atoms with E-state index < -0.39 is 35.9 Å². The van der Waals surface area contributed by atoms with E-state index in [0.717, 1.165) is 6.42 Å². The highest BCUT2D eigenvalue weighted by atomic mass is 16.4. The molecule has 0 radical (unpaired) electrons. The smallest absolute Gasteiger partial charge is 0.326 e. The summed E-state index contributed by atoms with van der Waals surface area (Å²) in [6.45, 7) is 4.58. The molecule has 29 heavy (non-hydrogen) atoms. The average Bonchev–Trinajstić information content (AvgIpc) is 2.62. The van der Waals surface area contributed by atoms with Gasteiger partial charge in [-0.3, -0.25) is 14.6 Å². The molecule has 3 atom stereocenters. The number of unbranched alkanes of at least 4 members (excludes halogenated alkanes) is 1.